The summed E-state index contributed by atoms with van der Waals surface area (Å²) in [6, 6.07) is 21.1. The van der Waals surface area contributed by atoms with E-state index >= 15 is 0 Å². The van der Waals surface area contributed by atoms with Gasteiger partial charge in [0.25, 0.3) is 0 Å². The minimum absolute atomic E-state index is 0.310. The van der Waals surface area contributed by atoms with Gasteiger partial charge in [-0.25, -0.2) is 8.42 Å². The first kappa shape index (κ1) is 23.6. The molecule has 3 rings (SSSR count). The van der Waals surface area contributed by atoms with Gasteiger partial charge in [-0.2, -0.15) is 0 Å². The average Bonchev–Trinajstić information content (AvgIpc) is 2.74. The minimum Gasteiger partial charge on any atom is -0.455 e. The maximum atomic E-state index is 12.8. The number of hydrogen-bond acceptors (Lipinski definition) is 4. The molecule has 0 aliphatic carbocycles. The Kier molecular flexibility index (Phi) is 7.43. The van der Waals surface area contributed by atoms with Gasteiger partial charge in [-0.05, 0) is 53.9 Å². The van der Waals surface area contributed by atoms with Crippen LogP contribution in [0.15, 0.2) is 72.8 Å². The number of carbonyl (C=O) groups excluding carboxylic acids is 1. The van der Waals surface area contributed by atoms with Gasteiger partial charge in [0.15, 0.2) is 5.75 Å². The molecule has 0 saturated carbocycles. The van der Waals surface area contributed by atoms with Crippen LogP contribution in [0.2, 0.25) is 5.02 Å². The van der Waals surface area contributed by atoms with Gasteiger partial charge < -0.3 is 10.1 Å². The Labute approximate surface area is 193 Å². The number of carbonyl (C=O) groups is 1. The molecule has 168 valence electrons. The highest BCUT2D eigenvalue weighted by Gasteiger charge is 2.22. The summed E-state index contributed by atoms with van der Waals surface area (Å²) in [6.07, 6.45) is 1.07. The quantitative estimate of drug-likeness (QED) is 0.459. The fourth-order valence-corrected chi connectivity index (χ4v) is 4.08. The van der Waals surface area contributed by atoms with E-state index < -0.39 is 22.5 Å². The molecule has 32 heavy (non-hydrogen) atoms. The van der Waals surface area contributed by atoms with E-state index in [2.05, 4.69) is 19.2 Å². The SMILES string of the molecule is CC(C)c1ccc(N(CC(=O)Nc2cc(Cl)ccc2Oc2ccccc2)S(C)(=O)=O)cc1. The van der Waals surface area contributed by atoms with Gasteiger partial charge in [-0.1, -0.05) is 55.8 Å². The standard InChI is InChI=1S/C24H25ClN2O4S/c1-17(2)18-9-12-20(13-10-18)27(32(3,29)30)16-24(28)26-22-15-19(25)11-14-23(22)31-21-7-5-4-6-8-21/h4-15,17H,16H2,1-3H3,(H,26,28). The largest absolute Gasteiger partial charge is 0.455 e. The molecule has 0 saturated heterocycles. The lowest BCUT2D eigenvalue weighted by Gasteiger charge is -2.23. The summed E-state index contributed by atoms with van der Waals surface area (Å²) in [5, 5.41) is 3.13. The Morgan fingerprint density at radius 2 is 1.69 bits per heavy atom. The summed E-state index contributed by atoms with van der Waals surface area (Å²) >= 11 is 6.10. The van der Waals surface area contributed by atoms with Gasteiger partial charge in [0.2, 0.25) is 15.9 Å². The Morgan fingerprint density at radius 3 is 2.28 bits per heavy atom. The maximum Gasteiger partial charge on any atom is 0.245 e. The van der Waals surface area contributed by atoms with Crippen molar-refractivity contribution in [2.45, 2.75) is 19.8 Å². The van der Waals surface area contributed by atoms with Gasteiger partial charge in [0, 0.05) is 5.02 Å². The van der Waals surface area contributed by atoms with Crippen LogP contribution in [-0.4, -0.2) is 27.1 Å². The van der Waals surface area contributed by atoms with E-state index in [1.165, 1.54) is 0 Å². The van der Waals surface area contributed by atoms with Crippen LogP contribution in [0, 0.1) is 0 Å². The lowest BCUT2D eigenvalue weighted by atomic mass is 10.0. The van der Waals surface area contributed by atoms with E-state index in [0.29, 0.717) is 33.8 Å². The highest BCUT2D eigenvalue weighted by atomic mass is 35.5. The fourth-order valence-electron chi connectivity index (χ4n) is 3.05. The number of nitrogens with one attached hydrogen (secondary N) is 1. The first-order chi connectivity index (χ1) is 15.1. The second-order valence-corrected chi connectivity index (χ2v) is 9.96. The number of halogens is 1. The number of hydrogen-bond donors (Lipinski definition) is 1. The van der Waals surface area contributed by atoms with Crippen LogP contribution in [0.25, 0.3) is 0 Å². The molecule has 0 atom stereocenters. The predicted molar refractivity (Wildman–Crippen MR) is 129 cm³/mol. The number of ether oxygens (including phenoxy) is 1. The fraction of sp³-hybridized carbons (Fsp3) is 0.208. The summed E-state index contributed by atoms with van der Waals surface area (Å²) in [7, 11) is -3.69. The molecule has 0 radical (unpaired) electrons. The smallest absolute Gasteiger partial charge is 0.245 e. The number of amides is 1. The van der Waals surface area contributed by atoms with Gasteiger partial charge in [0.05, 0.1) is 17.6 Å². The van der Waals surface area contributed by atoms with E-state index in [9.17, 15) is 13.2 Å². The molecule has 0 fully saturated rings. The monoisotopic (exact) mass is 472 g/mol. The number of rotatable bonds is 8. The third-order valence-corrected chi connectivity index (χ3v) is 6.10. The predicted octanol–water partition coefficient (Wildman–Crippen LogP) is 5.66. The third-order valence-electron chi connectivity index (χ3n) is 4.72. The van der Waals surface area contributed by atoms with Gasteiger partial charge in [-0.3, -0.25) is 9.10 Å². The molecular formula is C24H25ClN2O4S. The molecule has 0 unspecified atom stereocenters. The van der Waals surface area contributed by atoms with Crippen molar-refractivity contribution >= 4 is 38.9 Å². The molecule has 3 aromatic carbocycles. The van der Waals surface area contributed by atoms with Crippen LogP contribution in [0.5, 0.6) is 11.5 Å². The van der Waals surface area contributed by atoms with Crippen molar-refractivity contribution < 1.29 is 17.9 Å². The molecule has 0 heterocycles. The van der Waals surface area contributed by atoms with Crippen molar-refractivity contribution in [2.24, 2.45) is 0 Å². The molecule has 8 heteroatoms. The highest BCUT2D eigenvalue weighted by molar-refractivity contribution is 7.92. The first-order valence-corrected chi connectivity index (χ1v) is 12.3. The number of para-hydroxylation sites is 1. The molecule has 0 aliphatic heterocycles. The summed E-state index contributed by atoms with van der Waals surface area (Å²) in [5.41, 5.74) is 1.84. The molecule has 3 aromatic rings. The van der Waals surface area contributed by atoms with Crippen LogP contribution in [0.4, 0.5) is 11.4 Å². The summed E-state index contributed by atoms with van der Waals surface area (Å²) in [5.74, 6) is 0.767. The Balaban J connectivity index is 1.81. The van der Waals surface area contributed by atoms with Crippen LogP contribution in [0.1, 0.15) is 25.3 Å². The van der Waals surface area contributed by atoms with E-state index in [4.69, 9.17) is 16.3 Å². The Hall–Kier alpha value is -3.03. The minimum atomic E-state index is -3.69. The molecule has 0 bridgehead atoms. The molecule has 1 N–H and O–H groups in total. The van der Waals surface area contributed by atoms with Gasteiger partial charge in [-0.15, -0.1) is 0 Å². The third kappa shape index (κ3) is 6.24. The molecule has 6 nitrogen and oxygen atoms in total. The normalized spacial score (nSPS) is 11.3. The Bertz CT molecular complexity index is 1180. The lowest BCUT2D eigenvalue weighted by molar-refractivity contribution is -0.114. The van der Waals surface area contributed by atoms with Crippen molar-refractivity contribution in [3.05, 3.63) is 83.4 Å². The Morgan fingerprint density at radius 1 is 1.03 bits per heavy atom. The van der Waals surface area contributed by atoms with Crippen LogP contribution >= 0.6 is 11.6 Å². The van der Waals surface area contributed by atoms with Gasteiger partial charge >= 0.3 is 0 Å². The molecule has 0 aliphatic rings. The van der Waals surface area contributed by atoms with Gasteiger partial charge in [0.1, 0.15) is 12.3 Å². The second-order valence-electron chi connectivity index (χ2n) is 7.62. The number of anilines is 2. The van der Waals surface area contributed by atoms with Crippen LogP contribution in [0.3, 0.4) is 0 Å². The van der Waals surface area contributed by atoms with E-state index in [-0.39, 0.29) is 0 Å². The van der Waals surface area contributed by atoms with Crippen molar-refractivity contribution in [1.29, 1.82) is 0 Å². The van der Waals surface area contributed by atoms with E-state index in [0.717, 1.165) is 16.1 Å². The maximum absolute atomic E-state index is 12.8. The topological polar surface area (TPSA) is 75.7 Å². The molecule has 0 spiro atoms. The summed E-state index contributed by atoms with van der Waals surface area (Å²) in [6.45, 7) is 3.71. The molecule has 1 amide bonds. The zero-order valence-electron chi connectivity index (χ0n) is 18.1. The van der Waals surface area contributed by atoms with Crippen molar-refractivity contribution in [2.75, 3.05) is 22.4 Å². The van der Waals surface area contributed by atoms with E-state index in [1.807, 2.05) is 30.3 Å². The van der Waals surface area contributed by atoms with Crippen LogP contribution < -0.4 is 14.4 Å². The molecular weight excluding hydrogens is 448 g/mol. The van der Waals surface area contributed by atoms with Crippen molar-refractivity contribution in [3.63, 3.8) is 0 Å². The van der Waals surface area contributed by atoms with Crippen LogP contribution in [-0.2, 0) is 14.8 Å². The highest BCUT2D eigenvalue weighted by Crippen LogP contribution is 2.32. The van der Waals surface area contributed by atoms with Crippen molar-refractivity contribution in [1.82, 2.24) is 0 Å². The molecule has 0 aromatic heterocycles. The second kappa shape index (κ2) is 10.1. The zero-order chi connectivity index (χ0) is 23.3. The lowest BCUT2D eigenvalue weighted by Crippen LogP contribution is -2.37. The number of nitrogens with zero attached hydrogens (tertiary/aromatic N) is 1. The van der Waals surface area contributed by atoms with Crippen molar-refractivity contribution in [3.8, 4) is 11.5 Å². The van der Waals surface area contributed by atoms with E-state index in [1.54, 1.807) is 42.5 Å². The summed E-state index contributed by atoms with van der Waals surface area (Å²) in [4.78, 5) is 12.8. The first-order valence-electron chi connectivity index (χ1n) is 10.0. The average molecular weight is 473 g/mol. The zero-order valence-corrected chi connectivity index (χ0v) is 19.7. The summed E-state index contributed by atoms with van der Waals surface area (Å²) < 4.78 is 31.7. The number of sulfonamides is 1. The number of benzene rings is 3.